The van der Waals surface area contributed by atoms with Gasteiger partial charge in [-0.15, -0.1) is 0 Å². The smallest absolute Gasteiger partial charge is 0.0751 e. The standard InChI is InChI=1S/C16H32O/c1-3-4-5-10-13-16(2)14-11-8-6-7-9-12-15-17/h12,15-17H,3-11,13-14H2,1-2H3/b15-12-. The van der Waals surface area contributed by atoms with Crippen molar-refractivity contribution in [3.8, 4) is 0 Å². The second-order valence-corrected chi connectivity index (χ2v) is 5.33. The average Bonchev–Trinajstić information content (AvgIpc) is 2.33. The van der Waals surface area contributed by atoms with Gasteiger partial charge < -0.3 is 5.11 Å². The van der Waals surface area contributed by atoms with E-state index in [0.29, 0.717) is 0 Å². The average molecular weight is 240 g/mol. The maximum Gasteiger partial charge on any atom is 0.0751 e. The predicted molar refractivity (Wildman–Crippen MR) is 77.4 cm³/mol. The van der Waals surface area contributed by atoms with Crippen LogP contribution in [0.5, 0.6) is 0 Å². The molecule has 1 nitrogen and oxygen atoms in total. The lowest BCUT2D eigenvalue weighted by Crippen LogP contribution is -1.95. The third-order valence-electron chi connectivity index (χ3n) is 3.47. The summed E-state index contributed by atoms with van der Waals surface area (Å²) in [6.07, 6.45) is 17.8. The Balaban J connectivity index is 3.13. The molecule has 0 aliphatic carbocycles. The first-order chi connectivity index (χ1) is 8.31. The van der Waals surface area contributed by atoms with Crippen molar-refractivity contribution in [2.24, 2.45) is 5.92 Å². The number of hydrogen-bond donors (Lipinski definition) is 1. The van der Waals surface area contributed by atoms with Gasteiger partial charge in [0.1, 0.15) is 0 Å². The molecule has 0 aromatic heterocycles. The van der Waals surface area contributed by atoms with Crippen molar-refractivity contribution >= 4 is 0 Å². The Kier molecular flexibility index (Phi) is 13.2. The number of hydrogen-bond acceptors (Lipinski definition) is 1. The number of aliphatic hydroxyl groups excluding tert-OH is 1. The van der Waals surface area contributed by atoms with E-state index in [1.807, 2.05) is 6.08 Å². The first kappa shape index (κ1) is 16.5. The highest BCUT2D eigenvalue weighted by Crippen LogP contribution is 2.17. The molecule has 102 valence electrons. The van der Waals surface area contributed by atoms with E-state index >= 15 is 0 Å². The topological polar surface area (TPSA) is 20.2 Å². The van der Waals surface area contributed by atoms with E-state index in [9.17, 15) is 0 Å². The van der Waals surface area contributed by atoms with Gasteiger partial charge >= 0.3 is 0 Å². The minimum atomic E-state index is 0.921. The van der Waals surface area contributed by atoms with Crippen molar-refractivity contribution in [2.45, 2.75) is 84.5 Å². The SMILES string of the molecule is CCCCCCC(C)CCCCCC/C=C\O. The van der Waals surface area contributed by atoms with E-state index in [2.05, 4.69) is 13.8 Å². The van der Waals surface area contributed by atoms with E-state index in [1.54, 1.807) is 0 Å². The van der Waals surface area contributed by atoms with Crippen LogP contribution in [0.1, 0.15) is 84.5 Å². The lowest BCUT2D eigenvalue weighted by molar-refractivity contribution is 0.435. The lowest BCUT2D eigenvalue weighted by atomic mass is 9.96. The minimum Gasteiger partial charge on any atom is -0.516 e. The fourth-order valence-electron chi connectivity index (χ4n) is 2.25. The largest absolute Gasteiger partial charge is 0.516 e. The maximum atomic E-state index is 8.48. The third kappa shape index (κ3) is 13.5. The fraction of sp³-hybridized carbons (Fsp3) is 0.875. The molecular formula is C16H32O. The Hall–Kier alpha value is -0.460. The highest BCUT2D eigenvalue weighted by molar-refractivity contribution is 4.70. The molecule has 0 aliphatic rings. The molecule has 0 saturated heterocycles. The number of aliphatic hydroxyl groups is 1. The van der Waals surface area contributed by atoms with E-state index < -0.39 is 0 Å². The Bertz CT molecular complexity index is 163. The molecule has 0 heterocycles. The van der Waals surface area contributed by atoms with Crippen LogP contribution in [0.15, 0.2) is 12.3 Å². The van der Waals surface area contributed by atoms with Crippen LogP contribution >= 0.6 is 0 Å². The lowest BCUT2D eigenvalue weighted by Gasteiger charge is -2.10. The first-order valence-corrected chi connectivity index (χ1v) is 7.60. The zero-order valence-corrected chi connectivity index (χ0v) is 12.0. The fourth-order valence-corrected chi connectivity index (χ4v) is 2.25. The third-order valence-corrected chi connectivity index (χ3v) is 3.47. The molecule has 0 fully saturated rings. The molecule has 0 spiro atoms. The van der Waals surface area contributed by atoms with E-state index in [4.69, 9.17) is 5.11 Å². The molecular weight excluding hydrogens is 208 g/mol. The Morgan fingerprint density at radius 3 is 2.06 bits per heavy atom. The molecule has 17 heavy (non-hydrogen) atoms. The van der Waals surface area contributed by atoms with Crippen molar-refractivity contribution in [1.82, 2.24) is 0 Å². The molecule has 0 bridgehead atoms. The van der Waals surface area contributed by atoms with Gasteiger partial charge in [-0.1, -0.05) is 77.7 Å². The van der Waals surface area contributed by atoms with E-state index in [1.165, 1.54) is 70.5 Å². The van der Waals surface area contributed by atoms with Crippen LogP contribution in [0, 0.1) is 5.92 Å². The highest BCUT2D eigenvalue weighted by atomic mass is 16.2. The molecule has 1 atom stereocenters. The first-order valence-electron chi connectivity index (χ1n) is 7.60. The van der Waals surface area contributed by atoms with Crippen LogP contribution < -0.4 is 0 Å². The number of unbranched alkanes of at least 4 members (excludes halogenated alkanes) is 7. The van der Waals surface area contributed by atoms with Crippen molar-refractivity contribution in [3.63, 3.8) is 0 Å². The van der Waals surface area contributed by atoms with E-state index in [0.717, 1.165) is 12.3 Å². The molecule has 0 aromatic rings. The zero-order chi connectivity index (χ0) is 12.8. The van der Waals surface area contributed by atoms with Gasteiger partial charge in [-0.05, 0) is 18.8 Å². The molecule has 1 heteroatoms. The van der Waals surface area contributed by atoms with Gasteiger partial charge in [-0.25, -0.2) is 0 Å². The van der Waals surface area contributed by atoms with Crippen molar-refractivity contribution in [1.29, 1.82) is 0 Å². The van der Waals surface area contributed by atoms with Gasteiger partial charge in [-0.3, -0.25) is 0 Å². The molecule has 0 rings (SSSR count). The normalized spacial score (nSPS) is 13.3. The van der Waals surface area contributed by atoms with Crippen LogP contribution in [-0.4, -0.2) is 5.11 Å². The second-order valence-electron chi connectivity index (χ2n) is 5.33. The summed E-state index contributed by atoms with van der Waals surface area (Å²) in [5.74, 6) is 0.921. The molecule has 0 radical (unpaired) electrons. The Morgan fingerprint density at radius 1 is 0.882 bits per heavy atom. The highest BCUT2D eigenvalue weighted by Gasteiger charge is 2.01. The molecule has 0 saturated carbocycles. The number of allylic oxidation sites excluding steroid dienone is 1. The molecule has 1 unspecified atom stereocenters. The van der Waals surface area contributed by atoms with Crippen LogP contribution in [0.4, 0.5) is 0 Å². The second kappa shape index (κ2) is 13.6. The van der Waals surface area contributed by atoms with Crippen LogP contribution in [0.2, 0.25) is 0 Å². The quantitative estimate of drug-likeness (QED) is 0.327. The summed E-state index contributed by atoms with van der Waals surface area (Å²) in [4.78, 5) is 0. The van der Waals surface area contributed by atoms with Crippen molar-refractivity contribution in [2.75, 3.05) is 0 Å². The summed E-state index contributed by atoms with van der Waals surface area (Å²) in [7, 11) is 0. The van der Waals surface area contributed by atoms with Crippen LogP contribution in [0.25, 0.3) is 0 Å². The summed E-state index contributed by atoms with van der Waals surface area (Å²) in [6.45, 7) is 4.68. The van der Waals surface area contributed by atoms with Gasteiger partial charge in [0.2, 0.25) is 0 Å². The van der Waals surface area contributed by atoms with Gasteiger partial charge in [0.25, 0.3) is 0 Å². The molecule has 0 aromatic carbocycles. The van der Waals surface area contributed by atoms with Crippen molar-refractivity contribution in [3.05, 3.63) is 12.3 Å². The molecule has 0 aliphatic heterocycles. The summed E-state index contributed by atoms with van der Waals surface area (Å²) in [5, 5.41) is 8.48. The monoisotopic (exact) mass is 240 g/mol. The van der Waals surface area contributed by atoms with Crippen molar-refractivity contribution < 1.29 is 5.11 Å². The van der Waals surface area contributed by atoms with Gasteiger partial charge in [0.05, 0.1) is 6.26 Å². The summed E-state index contributed by atoms with van der Waals surface area (Å²) < 4.78 is 0. The van der Waals surface area contributed by atoms with Gasteiger partial charge in [0.15, 0.2) is 0 Å². The van der Waals surface area contributed by atoms with E-state index in [-0.39, 0.29) is 0 Å². The molecule has 0 amide bonds. The molecule has 1 N–H and O–H groups in total. The maximum absolute atomic E-state index is 8.48. The zero-order valence-electron chi connectivity index (χ0n) is 12.0. The van der Waals surface area contributed by atoms with Gasteiger partial charge in [0, 0.05) is 0 Å². The summed E-state index contributed by atoms with van der Waals surface area (Å²) in [5.41, 5.74) is 0. The van der Waals surface area contributed by atoms with Gasteiger partial charge in [-0.2, -0.15) is 0 Å². The Morgan fingerprint density at radius 2 is 1.47 bits per heavy atom. The predicted octanol–water partition coefficient (Wildman–Crippen LogP) is 6.01. The summed E-state index contributed by atoms with van der Waals surface area (Å²) >= 11 is 0. The van der Waals surface area contributed by atoms with Crippen LogP contribution in [-0.2, 0) is 0 Å². The Labute approximate surface area is 108 Å². The summed E-state index contributed by atoms with van der Waals surface area (Å²) in [6, 6.07) is 0. The minimum absolute atomic E-state index is 0.921. The number of rotatable bonds is 12. The van der Waals surface area contributed by atoms with Crippen LogP contribution in [0.3, 0.4) is 0 Å².